The summed E-state index contributed by atoms with van der Waals surface area (Å²) in [7, 11) is 0. The van der Waals surface area contributed by atoms with Crippen molar-refractivity contribution in [1.29, 1.82) is 5.26 Å². The van der Waals surface area contributed by atoms with Crippen LogP contribution in [0.1, 0.15) is 32.0 Å². The normalized spacial score (nSPS) is 10.5. The summed E-state index contributed by atoms with van der Waals surface area (Å²) in [5.74, 6) is -1.36. The highest BCUT2D eigenvalue weighted by atomic mass is 79.9. The molecule has 0 fully saturated rings. The van der Waals surface area contributed by atoms with Gasteiger partial charge in [0.15, 0.2) is 0 Å². The summed E-state index contributed by atoms with van der Waals surface area (Å²) >= 11 is 3.33. The number of carboxylic acid groups (broad SMARTS) is 1. The Labute approximate surface area is 220 Å². The summed E-state index contributed by atoms with van der Waals surface area (Å²) in [5, 5.41) is 31.5. The maximum absolute atomic E-state index is 13.1. The Morgan fingerprint density at radius 1 is 1.03 bits per heavy atom. The average molecular weight is 561 g/mol. The second kappa shape index (κ2) is 11.4. The van der Waals surface area contributed by atoms with Crippen molar-refractivity contribution in [2.45, 2.75) is 13.1 Å². The summed E-state index contributed by atoms with van der Waals surface area (Å²) in [4.78, 5) is 36.5. The quantitative estimate of drug-likeness (QED) is 0.254. The van der Waals surface area contributed by atoms with Crippen LogP contribution in [-0.2, 0) is 13.1 Å². The van der Waals surface area contributed by atoms with E-state index in [1.807, 2.05) is 18.2 Å². The highest BCUT2D eigenvalue weighted by Gasteiger charge is 2.18. The van der Waals surface area contributed by atoms with Crippen molar-refractivity contribution in [2.24, 2.45) is 0 Å². The zero-order chi connectivity index (χ0) is 26.4. The Bertz CT molecular complexity index is 1520. The third kappa shape index (κ3) is 6.12. The molecule has 186 valence electrons. The van der Waals surface area contributed by atoms with Crippen molar-refractivity contribution in [1.82, 2.24) is 20.4 Å². The first-order valence-corrected chi connectivity index (χ1v) is 12.0. The number of aromatic nitrogens is 2. The SMILES string of the molecule is N#Cc1ccc(NC(=O)NCCn2nc3ccccc3c2C(=O)NCc2ccc(C(=O)O)cc2)c(Br)c1. The van der Waals surface area contributed by atoms with Crippen LogP contribution >= 0.6 is 15.9 Å². The van der Waals surface area contributed by atoms with Crippen LogP contribution in [0.4, 0.5) is 10.5 Å². The van der Waals surface area contributed by atoms with Crippen LogP contribution in [0.5, 0.6) is 0 Å². The fourth-order valence-corrected chi connectivity index (χ4v) is 4.12. The van der Waals surface area contributed by atoms with Crippen LogP contribution in [0.15, 0.2) is 71.2 Å². The average Bonchev–Trinajstić information content (AvgIpc) is 3.27. The van der Waals surface area contributed by atoms with E-state index >= 15 is 0 Å². The third-order valence-electron chi connectivity index (χ3n) is 5.47. The number of carbonyl (C=O) groups excluding carboxylic acids is 2. The molecule has 0 aliphatic carbocycles. The largest absolute Gasteiger partial charge is 0.478 e. The van der Waals surface area contributed by atoms with Crippen molar-refractivity contribution >= 4 is 50.4 Å². The molecule has 0 saturated heterocycles. The Kier molecular flexibility index (Phi) is 7.80. The number of halogens is 1. The van der Waals surface area contributed by atoms with Gasteiger partial charge in [-0.2, -0.15) is 10.4 Å². The molecule has 37 heavy (non-hydrogen) atoms. The minimum absolute atomic E-state index is 0.169. The molecule has 0 unspecified atom stereocenters. The molecule has 0 aliphatic heterocycles. The predicted octanol–water partition coefficient (Wildman–Crippen LogP) is 4.12. The van der Waals surface area contributed by atoms with E-state index in [-0.39, 0.29) is 31.1 Å². The summed E-state index contributed by atoms with van der Waals surface area (Å²) in [5.41, 5.74) is 2.90. The van der Waals surface area contributed by atoms with Gasteiger partial charge in [-0.25, -0.2) is 9.59 Å². The number of hydrogen-bond acceptors (Lipinski definition) is 5. The molecule has 1 heterocycles. The number of urea groups is 1. The van der Waals surface area contributed by atoms with E-state index in [1.54, 1.807) is 47.1 Å². The number of anilines is 1. The number of carboxylic acids is 1. The van der Waals surface area contributed by atoms with E-state index in [1.165, 1.54) is 12.1 Å². The minimum Gasteiger partial charge on any atom is -0.478 e. The van der Waals surface area contributed by atoms with E-state index in [9.17, 15) is 14.4 Å². The lowest BCUT2D eigenvalue weighted by atomic mass is 10.1. The zero-order valence-corrected chi connectivity index (χ0v) is 20.9. The minimum atomic E-state index is -1.02. The molecule has 3 amide bonds. The summed E-state index contributed by atoms with van der Waals surface area (Å²) in [6.07, 6.45) is 0. The molecule has 0 spiro atoms. The molecule has 0 aliphatic rings. The number of carbonyl (C=O) groups is 3. The van der Waals surface area contributed by atoms with E-state index in [4.69, 9.17) is 10.4 Å². The Balaban J connectivity index is 1.41. The van der Waals surface area contributed by atoms with Gasteiger partial charge in [-0.3, -0.25) is 9.48 Å². The lowest BCUT2D eigenvalue weighted by Gasteiger charge is -2.11. The number of hydrogen-bond donors (Lipinski definition) is 4. The Morgan fingerprint density at radius 3 is 2.49 bits per heavy atom. The van der Waals surface area contributed by atoms with Crippen LogP contribution < -0.4 is 16.0 Å². The van der Waals surface area contributed by atoms with Crippen molar-refractivity contribution in [3.05, 3.63) is 93.6 Å². The standard InChI is InChI=1S/C26H21BrN6O4/c27-20-13-17(14-28)7-10-22(20)31-26(37)29-11-12-33-23(19-3-1-2-4-21(19)32-33)24(34)30-15-16-5-8-18(9-6-16)25(35)36/h1-10,13H,11-12,15H2,(H,30,34)(H,35,36)(H2,29,31,37). The number of fused-ring (bicyclic) bond motifs is 1. The van der Waals surface area contributed by atoms with E-state index in [2.05, 4.69) is 37.0 Å². The molecule has 0 saturated carbocycles. The molecule has 0 atom stereocenters. The lowest BCUT2D eigenvalue weighted by molar-refractivity contribution is 0.0696. The maximum atomic E-state index is 13.1. The molecular formula is C26H21BrN6O4. The van der Waals surface area contributed by atoms with Gasteiger partial charge in [0, 0.05) is 22.9 Å². The summed E-state index contributed by atoms with van der Waals surface area (Å²) in [6.45, 7) is 0.649. The van der Waals surface area contributed by atoms with Crippen molar-refractivity contribution in [2.75, 3.05) is 11.9 Å². The van der Waals surface area contributed by atoms with Crippen LogP contribution in [-0.4, -0.2) is 39.3 Å². The number of nitrogens with one attached hydrogen (secondary N) is 3. The monoisotopic (exact) mass is 560 g/mol. The Morgan fingerprint density at radius 2 is 1.78 bits per heavy atom. The molecule has 4 aromatic rings. The first kappa shape index (κ1) is 25.4. The van der Waals surface area contributed by atoms with Gasteiger partial charge >= 0.3 is 12.0 Å². The van der Waals surface area contributed by atoms with Crippen LogP contribution in [0.2, 0.25) is 0 Å². The fourth-order valence-electron chi connectivity index (χ4n) is 3.64. The third-order valence-corrected chi connectivity index (χ3v) is 6.13. The molecule has 4 rings (SSSR count). The van der Waals surface area contributed by atoms with Crippen LogP contribution in [0, 0.1) is 11.3 Å². The first-order chi connectivity index (χ1) is 17.9. The summed E-state index contributed by atoms with van der Waals surface area (Å²) in [6, 6.07) is 19.9. The molecule has 11 heteroatoms. The fraction of sp³-hybridized carbons (Fsp3) is 0.115. The smallest absolute Gasteiger partial charge is 0.335 e. The maximum Gasteiger partial charge on any atom is 0.335 e. The van der Waals surface area contributed by atoms with Gasteiger partial charge in [0.25, 0.3) is 5.91 Å². The molecular weight excluding hydrogens is 540 g/mol. The molecule has 3 aromatic carbocycles. The predicted molar refractivity (Wildman–Crippen MR) is 140 cm³/mol. The van der Waals surface area contributed by atoms with Crippen molar-refractivity contribution < 1.29 is 19.5 Å². The summed E-state index contributed by atoms with van der Waals surface area (Å²) < 4.78 is 2.13. The molecule has 0 radical (unpaired) electrons. The van der Waals surface area contributed by atoms with E-state index < -0.39 is 12.0 Å². The topological polar surface area (TPSA) is 149 Å². The van der Waals surface area contributed by atoms with Gasteiger partial charge in [0.1, 0.15) is 5.69 Å². The Hall–Kier alpha value is -4.69. The second-order valence-electron chi connectivity index (χ2n) is 7.96. The molecule has 10 nitrogen and oxygen atoms in total. The van der Waals surface area contributed by atoms with Gasteiger partial charge < -0.3 is 21.1 Å². The van der Waals surface area contributed by atoms with Gasteiger partial charge in [0.05, 0.1) is 34.9 Å². The van der Waals surface area contributed by atoms with Crippen LogP contribution in [0.3, 0.4) is 0 Å². The van der Waals surface area contributed by atoms with E-state index in [0.717, 1.165) is 5.56 Å². The van der Waals surface area contributed by atoms with Crippen molar-refractivity contribution in [3.8, 4) is 6.07 Å². The number of rotatable bonds is 8. The van der Waals surface area contributed by atoms with Crippen molar-refractivity contribution in [3.63, 3.8) is 0 Å². The highest BCUT2D eigenvalue weighted by molar-refractivity contribution is 9.10. The van der Waals surface area contributed by atoms with Crippen LogP contribution in [0.25, 0.3) is 10.9 Å². The number of aromatic carboxylic acids is 1. The van der Waals surface area contributed by atoms with Gasteiger partial charge in [-0.1, -0.05) is 30.3 Å². The van der Waals surface area contributed by atoms with Gasteiger partial charge in [0.2, 0.25) is 0 Å². The second-order valence-corrected chi connectivity index (χ2v) is 8.82. The lowest BCUT2D eigenvalue weighted by Crippen LogP contribution is -2.33. The number of nitriles is 1. The van der Waals surface area contributed by atoms with Gasteiger partial charge in [-0.05, 0) is 57.9 Å². The van der Waals surface area contributed by atoms with Gasteiger partial charge in [-0.15, -0.1) is 0 Å². The molecule has 4 N–H and O–H groups in total. The van der Waals surface area contributed by atoms with E-state index in [0.29, 0.717) is 32.3 Å². The molecule has 1 aromatic heterocycles. The number of benzene rings is 3. The molecule has 0 bridgehead atoms. The zero-order valence-electron chi connectivity index (χ0n) is 19.4. The highest BCUT2D eigenvalue weighted by Crippen LogP contribution is 2.23. The number of nitrogens with zero attached hydrogens (tertiary/aromatic N) is 3. The number of amides is 3. The first-order valence-electron chi connectivity index (χ1n) is 11.2.